The Morgan fingerprint density at radius 3 is 2.77 bits per heavy atom. The first-order valence-corrected chi connectivity index (χ1v) is 9.30. The van der Waals surface area contributed by atoms with Gasteiger partial charge in [0.2, 0.25) is 0 Å². The van der Waals surface area contributed by atoms with Gasteiger partial charge in [-0.2, -0.15) is 0 Å². The van der Waals surface area contributed by atoms with Crippen LogP contribution in [-0.4, -0.2) is 27.1 Å². The van der Waals surface area contributed by atoms with Gasteiger partial charge in [-0.1, -0.05) is 6.92 Å². The minimum Gasteiger partial charge on any atom is -0.406 e. The molecule has 0 bridgehead atoms. The predicted octanol–water partition coefficient (Wildman–Crippen LogP) is 5.51. The Balaban J connectivity index is 1.71. The highest BCUT2D eigenvalue weighted by Gasteiger charge is 2.31. The monoisotopic (exact) mass is 379 g/mol. The van der Waals surface area contributed by atoms with Gasteiger partial charge >= 0.3 is 6.36 Å². The molecule has 2 heterocycles. The van der Waals surface area contributed by atoms with E-state index in [9.17, 15) is 13.2 Å². The smallest absolute Gasteiger partial charge is 0.406 e. The Morgan fingerprint density at radius 1 is 1.27 bits per heavy atom. The third kappa shape index (κ3) is 3.65. The zero-order valence-electron chi connectivity index (χ0n) is 13.9. The molecule has 4 rings (SSSR count). The van der Waals surface area contributed by atoms with Gasteiger partial charge in [0, 0.05) is 17.2 Å². The minimum atomic E-state index is -4.72. The third-order valence-electron chi connectivity index (χ3n) is 4.13. The molecule has 1 aliphatic carbocycles. The van der Waals surface area contributed by atoms with Crippen LogP contribution in [0, 0.1) is 0 Å². The number of aromatic nitrogens is 3. The van der Waals surface area contributed by atoms with Crippen molar-refractivity contribution in [2.24, 2.45) is 0 Å². The van der Waals surface area contributed by atoms with Gasteiger partial charge in [0.15, 0.2) is 5.82 Å². The SMILES string of the molecule is CCSc1cc(C2CC2)cnc1-c1nc2ccc(OC(F)(F)F)cc2[nH]1. The fourth-order valence-corrected chi connectivity index (χ4v) is 3.66. The molecule has 0 spiro atoms. The van der Waals surface area contributed by atoms with E-state index < -0.39 is 6.36 Å². The van der Waals surface area contributed by atoms with Crippen molar-refractivity contribution in [3.8, 4) is 17.3 Å². The molecule has 0 radical (unpaired) electrons. The van der Waals surface area contributed by atoms with Crippen molar-refractivity contribution < 1.29 is 17.9 Å². The molecule has 1 N–H and O–H groups in total. The topological polar surface area (TPSA) is 50.8 Å². The second kappa shape index (κ2) is 6.50. The Bertz CT molecular complexity index is 950. The van der Waals surface area contributed by atoms with Gasteiger partial charge in [-0.05, 0) is 48.3 Å². The number of halogens is 3. The predicted molar refractivity (Wildman–Crippen MR) is 94.4 cm³/mol. The lowest BCUT2D eigenvalue weighted by Gasteiger charge is -2.08. The van der Waals surface area contributed by atoms with Gasteiger partial charge < -0.3 is 9.72 Å². The van der Waals surface area contributed by atoms with Crippen LogP contribution in [0.1, 0.15) is 31.2 Å². The highest BCUT2D eigenvalue weighted by Crippen LogP contribution is 2.42. The second-order valence-electron chi connectivity index (χ2n) is 6.13. The Kier molecular flexibility index (Phi) is 4.30. The maximum absolute atomic E-state index is 12.4. The summed E-state index contributed by atoms with van der Waals surface area (Å²) < 4.78 is 41.2. The summed E-state index contributed by atoms with van der Waals surface area (Å²) in [4.78, 5) is 13.2. The van der Waals surface area contributed by atoms with Crippen molar-refractivity contribution in [2.75, 3.05) is 5.75 Å². The lowest BCUT2D eigenvalue weighted by molar-refractivity contribution is -0.274. The molecule has 136 valence electrons. The maximum atomic E-state index is 12.4. The Labute approximate surface area is 152 Å². The summed E-state index contributed by atoms with van der Waals surface area (Å²) in [6, 6.07) is 6.21. The van der Waals surface area contributed by atoms with E-state index >= 15 is 0 Å². The van der Waals surface area contributed by atoms with E-state index in [1.165, 1.54) is 36.6 Å². The van der Waals surface area contributed by atoms with Crippen LogP contribution in [0.5, 0.6) is 5.75 Å². The molecule has 1 fully saturated rings. The van der Waals surface area contributed by atoms with Gasteiger partial charge in [0.05, 0.1) is 11.0 Å². The number of aromatic amines is 1. The molecule has 26 heavy (non-hydrogen) atoms. The number of hydrogen-bond acceptors (Lipinski definition) is 4. The van der Waals surface area contributed by atoms with Crippen molar-refractivity contribution >= 4 is 22.8 Å². The number of pyridine rings is 1. The first-order valence-electron chi connectivity index (χ1n) is 8.31. The molecule has 1 aliphatic rings. The van der Waals surface area contributed by atoms with Crippen LogP contribution in [0.15, 0.2) is 35.4 Å². The van der Waals surface area contributed by atoms with E-state index in [4.69, 9.17) is 0 Å². The largest absolute Gasteiger partial charge is 0.573 e. The molecule has 8 heteroatoms. The maximum Gasteiger partial charge on any atom is 0.573 e. The first-order chi connectivity index (χ1) is 12.4. The summed E-state index contributed by atoms with van der Waals surface area (Å²) in [5, 5.41) is 0. The number of benzene rings is 1. The van der Waals surface area contributed by atoms with E-state index in [-0.39, 0.29) is 5.75 Å². The number of nitrogens with one attached hydrogen (secondary N) is 1. The van der Waals surface area contributed by atoms with Gasteiger partial charge in [-0.25, -0.2) is 4.98 Å². The summed E-state index contributed by atoms with van der Waals surface area (Å²) in [7, 11) is 0. The minimum absolute atomic E-state index is 0.277. The fourth-order valence-electron chi connectivity index (χ4n) is 2.84. The molecule has 0 unspecified atom stereocenters. The van der Waals surface area contributed by atoms with Gasteiger partial charge in [-0.15, -0.1) is 24.9 Å². The van der Waals surface area contributed by atoms with E-state index in [0.717, 1.165) is 16.3 Å². The van der Waals surface area contributed by atoms with Crippen molar-refractivity contribution in [3.05, 3.63) is 36.0 Å². The number of hydrogen-bond donors (Lipinski definition) is 1. The van der Waals surface area contributed by atoms with Crippen LogP contribution in [-0.2, 0) is 0 Å². The zero-order valence-corrected chi connectivity index (χ0v) is 14.7. The van der Waals surface area contributed by atoms with E-state index in [1.54, 1.807) is 11.8 Å². The fraction of sp³-hybridized carbons (Fsp3) is 0.333. The molecule has 0 saturated heterocycles. The number of alkyl halides is 3. The second-order valence-corrected chi connectivity index (χ2v) is 7.44. The average molecular weight is 379 g/mol. The molecule has 2 aromatic heterocycles. The van der Waals surface area contributed by atoms with Crippen LogP contribution in [0.2, 0.25) is 0 Å². The summed E-state index contributed by atoms with van der Waals surface area (Å²) >= 11 is 1.68. The van der Waals surface area contributed by atoms with Crippen LogP contribution in [0.4, 0.5) is 13.2 Å². The lowest BCUT2D eigenvalue weighted by Crippen LogP contribution is -2.16. The number of fused-ring (bicyclic) bond motifs is 1. The third-order valence-corrected chi connectivity index (χ3v) is 5.04. The summed E-state index contributed by atoms with van der Waals surface area (Å²) in [5.74, 6) is 1.76. The van der Waals surface area contributed by atoms with Crippen LogP contribution >= 0.6 is 11.8 Å². The number of thioether (sulfide) groups is 1. The molecular weight excluding hydrogens is 363 g/mol. The van der Waals surface area contributed by atoms with Gasteiger partial charge in [-0.3, -0.25) is 4.98 Å². The van der Waals surface area contributed by atoms with E-state index in [2.05, 4.69) is 32.7 Å². The average Bonchev–Trinajstić information content (AvgIpc) is 3.33. The summed E-state index contributed by atoms with van der Waals surface area (Å²) in [6.45, 7) is 2.07. The van der Waals surface area contributed by atoms with E-state index in [1.807, 2.05) is 6.20 Å². The summed E-state index contributed by atoms with van der Waals surface area (Å²) in [6.07, 6.45) is -0.451. The quantitative estimate of drug-likeness (QED) is 0.594. The number of H-pyrrole nitrogens is 1. The highest BCUT2D eigenvalue weighted by atomic mass is 32.2. The number of ether oxygens (including phenoxy) is 1. The standard InChI is InChI=1S/C18H16F3N3OS/c1-2-26-15-7-11(10-3-4-10)9-22-16(15)17-23-13-6-5-12(8-14(13)24-17)25-18(19,20)21/h5-10H,2-4H2,1H3,(H,23,24). The Morgan fingerprint density at radius 2 is 2.08 bits per heavy atom. The van der Waals surface area contributed by atoms with Crippen molar-refractivity contribution in [1.82, 2.24) is 15.0 Å². The molecule has 0 atom stereocenters. The molecule has 0 amide bonds. The van der Waals surface area contributed by atoms with Crippen molar-refractivity contribution in [2.45, 2.75) is 36.9 Å². The van der Waals surface area contributed by atoms with E-state index in [0.29, 0.717) is 22.8 Å². The van der Waals surface area contributed by atoms with Crippen molar-refractivity contribution in [1.29, 1.82) is 0 Å². The Hall–Kier alpha value is -2.22. The normalized spacial score (nSPS) is 14.8. The lowest BCUT2D eigenvalue weighted by atomic mass is 10.2. The molecular formula is C18H16F3N3OS. The highest BCUT2D eigenvalue weighted by molar-refractivity contribution is 7.99. The zero-order chi connectivity index (χ0) is 18.3. The van der Waals surface area contributed by atoms with Gasteiger partial charge in [0.1, 0.15) is 11.4 Å². The summed E-state index contributed by atoms with van der Waals surface area (Å²) in [5.41, 5.74) is 3.00. The first kappa shape index (κ1) is 17.2. The molecule has 4 nitrogen and oxygen atoms in total. The molecule has 0 aliphatic heterocycles. The van der Waals surface area contributed by atoms with Gasteiger partial charge in [0.25, 0.3) is 0 Å². The van der Waals surface area contributed by atoms with Crippen molar-refractivity contribution in [3.63, 3.8) is 0 Å². The molecule has 3 aromatic rings. The van der Waals surface area contributed by atoms with Crippen LogP contribution in [0.25, 0.3) is 22.6 Å². The number of rotatable bonds is 5. The molecule has 1 saturated carbocycles. The van der Waals surface area contributed by atoms with Crippen LogP contribution < -0.4 is 4.74 Å². The number of imidazole rings is 1. The van der Waals surface area contributed by atoms with Crippen LogP contribution in [0.3, 0.4) is 0 Å². The number of nitrogens with zero attached hydrogens (tertiary/aromatic N) is 2. The molecule has 1 aromatic carbocycles.